The molecule has 0 saturated heterocycles. The first-order chi connectivity index (χ1) is 8.31. The lowest BCUT2D eigenvalue weighted by molar-refractivity contribution is 0.414. The molecule has 0 saturated carbocycles. The van der Waals surface area contributed by atoms with Crippen LogP contribution in [0, 0.1) is 11.3 Å². The fraction of sp³-hybridized carbons (Fsp3) is 0.364. The first-order valence-electron chi connectivity index (χ1n) is 5.09. The molecule has 1 N–H and O–H groups in total. The number of nitrogens with zero attached hydrogens (tertiary/aromatic N) is 4. The second-order valence-corrected chi connectivity index (χ2v) is 3.24. The van der Waals surface area contributed by atoms with Gasteiger partial charge in [0.1, 0.15) is 11.8 Å². The number of benzene rings is 1. The number of azide groups is 1. The summed E-state index contributed by atoms with van der Waals surface area (Å²) in [5.41, 5.74) is 8.97. The van der Waals surface area contributed by atoms with Crippen LogP contribution >= 0.6 is 0 Å². The first kappa shape index (κ1) is 12.8. The molecule has 0 aliphatic carbocycles. The molecule has 0 radical (unpaired) electrons. The average Bonchev–Trinajstić information content (AvgIpc) is 2.39. The predicted molar refractivity (Wildman–Crippen MR) is 63.4 cm³/mol. The van der Waals surface area contributed by atoms with E-state index in [1.807, 2.05) is 12.1 Å². The highest BCUT2D eigenvalue weighted by molar-refractivity contribution is 5.31. The minimum absolute atomic E-state index is 0.324. The molecule has 0 aliphatic heterocycles. The van der Waals surface area contributed by atoms with Gasteiger partial charge in [0.2, 0.25) is 0 Å². The van der Waals surface area contributed by atoms with Gasteiger partial charge in [-0.25, -0.2) is 0 Å². The fourth-order valence-electron chi connectivity index (χ4n) is 1.34. The molecule has 0 amide bonds. The van der Waals surface area contributed by atoms with Gasteiger partial charge in [-0.05, 0) is 23.2 Å². The molecule has 0 spiro atoms. The van der Waals surface area contributed by atoms with Gasteiger partial charge in [-0.2, -0.15) is 5.26 Å². The highest BCUT2D eigenvalue weighted by Crippen LogP contribution is 2.16. The van der Waals surface area contributed by atoms with E-state index >= 15 is 0 Å². The molecule has 0 aromatic heterocycles. The van der Waals surface area contributed by atoms with Gasteiger partial charge in [0.25, 0.3) is 0 Å². The van der Waals surface area contributed by atoms with Gasteiger partial charge in [0.05, 0.1) is 13.2 Å². The molecular weight excluding hydrogens is 218 g/mol. The maximum absolute atomic E-state index is 9.02. The maximum atomic E-state index is 9.02. The third-order valence-electron chi connectivity index (χ3n) is 2.20. The highest BCUT2D eigenvalue weighted by Gasteiger charge is 2.08. The van der Waals surface area contributed by atoms with Gasteiger partial charge < -0.3 is 4.74 Å². The molecule has 1 atom stereocenters. The van der Waals surface area contributed by atoms with Crippen LogP contribution in [0.5, 0.6) is 5.75 Å². The van der Waals surface area contributed by atoms with E-state index < -0.39 is 6.04 Å². The van der Waals surface area contributed by atoms with Gasteiger partial charge in [-0.1, -0.05) is 17.2 Å². The predicted octanol–water partition coefficient (Wildman–Crippen LogP) is 2.16. The number of methoxy groups -OCH3 is 1. The largest absolute Gasteiger partial charge is 0.497 e. The second-order valence-electron chi connectivity index (χ2n) is 3.24. The Morgan fingerprint density at radius 3 is 2.76 bits per heavy atom. The summed E-state index contributed by atoms with van der Waals surface area (Å²) in [6.45, 7) is 0.791. The van der Waals surface area contributed by atoms with E-state index in [9.17, 15) is 0 Å². The van der Waals surface area contributed by atoms with Crippen molar-refractivity contribution in [3.63, 3.8) is 0 Å². The van der Waals surface area contributed by atoms with Gasteiger partial charge in [-0.3, -0.25) is 5.32 Å². The molecular formula is C11H13N5O. The van der Waals surface area contributed by atoms with Crippen LogP contribution in [0.4, 0.5) is 0 Å². The zero-order valence-corrected chi connectivity index (χ0v) is 9.50. The SMILES string of the molecule is COc1ccc(C(C#N)NCCN=[N+]=[N-])cc1. The van der Waals surface area contributed by atoms with Gasteiger partial charge in [0.15, 0.2) is 0 Å². The molecule has 88 valence electrons. The molecule has 17 heavy (non-hydrogen) atoms. The van der Waals surface area contributed by atoms with Crippen LogP contribution in [0.1, 0.15) is 11.6 Å². The van der Waals surface area contributed by atoms with E-state index in [-0.39, 0.29) is 0 Å². The Hall–Kier alpha value is -2.22. The van der Waals surface area contributed by atoms with Crippen LogP contribution in [0.3, 0.4) is 0 Å². The fourth-order valence-corrected chi connectivity index (χ4v) is 1.34. The molecule has 0 aliphatic rings. The lowest BCUT2D eigenvalue weighted by Gasteiger charge is -2.11. The Labute approximate surface area is 99.4 Å². The van der Waals surface area contributed by atoms with Crippen LogP contribution < -0.4 is 10.1 Å². The Bertz CT molecular complexity index is 430. The number of hydrogen-bond donors (Lipinski definition) is 1. The van der Waals surface area contributed by atoms with Crippen molar-refractivity contribution >= 4 is 0 Å². The summed E-state index contributed by atoms with van der Waals surface area (Å²) >= 11 is 0. The minimum Gasteiger partial charge on any atom is -0.497 e. The summed E-state index contributed by atoms with van der Waals surface area (Å²) in [7, 11) is 1.59. The third kappa shape index (κ3) is 4.03. The number of nitriles is 1. The van der Waals surface area contributed by atoms with Crippen molar-refractivity contribution in [3.8, 4) is 11.8 Å². The lowest BCUT2D eigenvalue weighted by Crippen LogP contribution is -2.22. The smallest absolute Gasteiger partial charge is 0.121 e. The summed E-state index contributed by atoms with van der Waals surface area (Å²) in [6, 6.07) is 8.99. The molecule has 0 heterocycles. The Balaban J connectivity index is 2.60. The number of nitrogens with one attached hydrogen (secondary N) is 1. The summed E-state index contributed by atoms with van der Waals surface area (Å²) in [4.78, 5) is 2.64. The molecule has 0 fully saturated rings. The number of ether oxygens (including phenoxy) is 1. The van der Waals surface area contributed by atoms with E-state index in [0.29, 0.717) is 13.1 Å². The zero-order valence-electron chi connectivity index (χ0n) is 9.50. The number of rotatable bonds is 6. The van der Waals surface area contributed by atoms with E-state index in [4.69, 9.17) is 15.5 Å². The van der Waals surface area contributed by atoms with Crippen molar-refractivity contribution in [1.29, 1.82) is 5.26 Å². The summed E-state index contributed by atoms with van der Waals surface area (Å²) in [5, 5.41) is 15.4. The number of hydrogen-bond acceptors (Lipinski definition) is 4. The standard InChI is InChI=1S/C11H13N5O/c1-17-10-4-2-9(3-5-10)11(8-12)14-6-7-15-16-13/h2-5,11,14H,6-7H2,1H3. The van der Waals surface area contributed by atoms with Crippen molar-refractivity contribution in [2.75, 3.05) is 20.2 Å². The lowest BCUT2D eigenvalue weighted by atomic mass is 10.1. The van der Waals surface area contributed by atoms with Crippen LogP contribution in [-0.4, -0.2) is 20.2 Å². The van der Waals surface area contributed by atoms with E-state index in [2.05, 4.69) is 21.4 Å². The monoisotopic (exact) mass is 231 g/mol. The molecule has 1 aromatic carbocycles. The molecule has 1 rings (SSSR count). The summed E-state index contributed by atoms with van der Waals surface area (Å²) in [5.74, 6) is 0.750. The van der Waals surface area contributed by atoms with Crippen molar-refractivity contribution in [2.45, 2.75) is 6.04 Å². The highest BCUT2D eigenvalue weighted by atomic mass is 16.5. The van der Waals surface area contributed by atoms with Crippen molar-refractivity contribution in [2.24, 2.45) is 5.11 Å². The Kier molecular flexibility index (Phi) is 5.38. The minimum atomic E-state index is -0.408. The average molecular weight is 231 g/mol. The van der Waals surface area contributed by atoms with Crippen LogP contribution in [0.2, 0.25) is 0 Å². The Morgan fingerprint density at radius 1 is 1.53 bits per heavy atom. The van der Waals surface area contributed by atoms with Gasteiger partial charge >= 0.3 is 0 Å². The van der Waals surface area contributed by atoms with E-state index in [0.717, 1.165) is 11.3 Å². The van der Waals surface area contributed by atoms with Crippen LogP contribution in [0.25, 0.3) is 10.4 Å². The normalized spacial score (nSPS) is 11.1. The maximum Gasteiger partial charge on any atom is 0.121 e. The Morgan fingerprint density at radius 2 is 2.24 bits per heavy atom. The van der Waals surface area contributed by atoms with Crippen LogP contribution in [-0.2, 0) is 0 Å². The van der Waals surface area contributed by atoms with Gasteiger partial charge in [-0.15, -0.1) is 0 Å². The third-order valence-corrected chi connectivity index (χ3v) is 2.20. The zero-order chi connectivity index (χ0) is 12.5. The molecule has 6 heteroatoms. The van der Waals surface area contributed by atoms with Crippen molar-refractivity contribution in [3.05, 3.63) is 40.3 Å². The van der Waals surface area contributed by atoms with E-state index in [1.165, 1.54) is 0 Å². The van der Waals surface area contributed by atoms with E-state index in [1.54, 1.807) is 19.2 Å². The van der Waals surface area contributed by atoms with Crippen LogP contribution in [0.15, 0.2) is 29.4 Å². The van der Waals surface area contributed by atoms with Gasteiger partial charge in [0, 0.05) is 18.0 Å². The molecule has 6 nitrogen and oxygen atoms in total. The quantitative estimate of drug-likeness (QED) is 0.352. The second kappa shape index (κ2) is 7.12. The molecule has 1 aromatic rings. The summed E-state index contributed by atoms with van der Waals surface area (Å²) in [6.07, 6.45) is 0. The van der Waals surface area contributed by atoms with Crippen molar-refractivity contribution in [1.82, 2.24) is 5.32 Å². The summed E-state index contributed by atoms with van der Waals surface area (Å²) < 4.78 is 5.04. The topological polar surface area (TPSA) is 93.8 Å². The first-order valence-corrected chi connectivity index (χ1v) is 5.09. The molecule has 0 bridgehead atoms. The molecule has 1 unspecified atom stereocenters. The van der Waals surface area contributed by atoms with Crippen molar-refractivity contribution < 1.29 is 4.74 Å².